The van der Waals surface area contributed by atoms with Crippen molar-refractivity contribution >= 4 is 0 Å². The number of rotatable bonds is 10. The molecule has 0 fully saturated rings. The average molecular weight is 381 g/mol. The average Bonchev–Trinajstić information content (AvgIpc) is 2.66. The van der Waals surface area contributed by atoms with Gasteiger partial charge in [0, 0.05) is 12.1 Å². The molecule has 5 nitrogen and oxygen atoms in total. The first-order chi connectivity index (χ1) is 12.2. The summed E-state index contributed by atoms with van der Waals surface area (Å²) in [7, 11) is 4.95. The summed E-state index contributed by atoms with van der Waals surface area (Å²) in [5.41, 5.74) is 2.29. The molecule has 0 amide bonds. The molecule has 2 rings (SSSR count). The van der Waals surface area contributed by atoms with Crippen molar-refractivity contribution in [1.82, 2.24) is 5.32 Å². The number of methoxy groups -OCH3 is 3. The molecule has 1 N–H and O–H groups in total. The number of nitrogens with one attached hydrogen (secondary N) is 1. The Labute approximate surface area is 162 Å². The lowest BCUT2D eigenvalue weighted by molar-refractivity contribution is -0.00000644. The molecule has 0 saturated heterocycles. The third kappa shape index (κ3) is 5.71. The molecule has 0 aliphatic heterocycles. The molecule has 0 aliphatic rings. The van der Waals surface area contributed by atoms with Gasteiger partial charge >= 0.3 is 0 Å². The molecule has 0 unspecified atom stereocenters. The van der Waals surface area contributed by atoms with E-state index in [9.17, 15) is 0 Å². The third-order valence-corrected chi connectivity index (χ3v) is 3.92. The standard InChI is InChI=1S/C20H27NO4.ClH/c1-5-25-20-16(7-6-8-18(20)23-3)14-21-12-11-15-9-10-17(22-2)19(13-15)24-4;/h6-10,13,21H,5,11-12,14H2,1-4H3;1H/p-1. The van der Waals surface area contributed by atoms with Crippen LogP contribution in [0.5, 0.6) is 23.0 Å². The van der Waals surface area contributed by atoms with Gasteiger partial charge in [-0.2, -0.15) is 0 Å². The number of para-hydroxylation sites is 1. The van der Waals surface area contributed by atoms with Crippen LogP contribution in [0.4, 0.5) is 0 Å². The van der Waals surface area contributed by atoms with E-state index in [4.69, 9.17) is 18.9 Å². The first-order valence-electron chi connectivity index (χ1n) is 8.43. The van der Waals surface area contributed by atoms with Gasteiger partial charge in [-0.1, -0.05) is 18.2 Å². The maximum absolute atomic E-state index is 5.73. The van der Waals surface area contributed by atoms with Gasteiger partial charge < -0.3 is 36.7 Å². The van der Waals surface area contributed by atoms with Crippen LogP contribution in [0, 0.1) is 0 Å². The Hall–Kier alpha value is -2.11. The first kappa shape index (κ1) is 21.9. The van der Waals surface area contributed by atoms with Gasteiger partial charge in [-0.3, -0.25) is 0 Å². The third-order valence-electron chi connectivity index (χ3n) is 3.92. The van der Waals surface area contributed by atoms with Crippen LogP contribution in [0.25, 0.3) is 0 Å². The molecular weight excluding hydrogens is 354 g/mol. The summed E-state index contributed by atoms with van der Waals surface area (Å²) in [4.78, 5) is 0. The molecule has 0 radical (unpaired) electrons. The van der Waals surface area contributed by atoms with Crippen LogP contribution < -0.4 is 36.7 Å². The predicted molar refractivity (Wildman–Crippen MR) is 99.1 cm³/mol. The quantitative estimate of drug-likeness (QED) is 0.606. The minimum Gasteiger partial charge on any atom is -1.00 e. The molecule has 0 bridgehead atoms. The summed E-state index contributed by atoms with van der Waals surface area (Å²) in [6.45, 7) is 4.15. The van der Waals surface area contributed by atoms with Crippen LogP contribution in [-0.4, -0.2) is 34.5 Å². The lowest BCUT2D eigenvalue weighted by atomic mass is 10.1. The van der Waals surface area contributed by atoms with Crippen molar-refractivity contribution in [2.24, 2.45) is 0 Å². The van der Waals surface area contributed by atoms with Gasteiger partial charge in [0.15, 0.2) is 23.0 Å². The molecule has 0 aromatic heterocycles. The second kappa shape index (κ2) is 11.5. The van der Waals surface area contributed by atoms with Crippen LogP contribution in [-0.2, 0) is 13.0 Å². The van der Waals surface area contributed by atoms with Gasteiger partial charge in [0.2, 0.25) is 0 Å². The van der Waals surface area contributed by atoms with E-state index in [1.165, 1.54) is 5.56 Å². The minimum absolute atomic E-state index is 0. The molecule has 0 aliphatic carbocycles. The van der Waals surface area contributed by atoms with Crippen molar-refractivity contribution in [3.8, 4) is 23.0 Å². The molecule has 6 heteroatoms. The van der Waals surface area contributed by atoms with Crippen molar-refractivity contribution in [1.29, 1.82) is 0 Å². The van der Waals surface area contributed by atoms with Crippen molar-refractivity contribution in [2.75, 3.05) is 34.5 Å². The minimum atomic E-state index is 0. The summed E-state index contributed by atoms with van der Waals surface area (Å²) in [5, 5.41) is 3.46. The Morgan fingerprint density at radius 1 is 0.885 bits per heavy atom. The van der Waals surface area contributed by atoms with Gasteiger partial charge in [0.25, 0.3) is 0 Å². The number of ether oxygens (including phenoxy) is 4. The van der Waals surface area contributed by atoms with E-state index in [0.717, 1.165) is 48.1 Å². The largest absolute Gasteiger partial charge is 1.00 e. The highest BCUT2D eigenvalue weighted by molar-refractivity contribution is 5.46. The zero-order chi connectivity index (χ0) is 18.1. The van der Waals surface area contributed by atoms with Gasteiger partial charge in [-0.25, -0.2) is 0 Å². The molecule has 0 spiro atoms. The molecule has 2 aromatic rings. The lowest BCUT2D eigenvalue weighted by Gasteiger charge is -2.14. The summed E-state index contributed by atoms with van der Waals surface area (Å²) in [6, 6.07) is 11.9. The highest BCUT2D eigenvalue weighted by Gasteiger charge is 2.10. The molecule has 2 aromatic carbocycles. The molecule has 26 heavy (non-hydrogen) atoms. The highest BCUT2D eigenvalue weighted by Crippen LogP contribution is 2.31. The predicted octanol–water partition coefficient (Wildman–Crippen LogP) is 0.447. The topological polar surface area (TPSA) is 49.0 Å². The summed E-state index contributed by atoms with van der Waals surface area (Å²) in [5.74, 6) is 3.08. The molecule has 0 heterocycles. The van der Waals surface area contributed by atoms with Crippen LogP contribution in [0.2, 0.25) is 0 Å². The molecule has 0 saturated carbocycles. The summed E-state index contributed by atoms with van der Waals surface area (Å²) >= 11 is 0. The molecule has 0 atom stereocenters. The summed E-state index contributed by atoms with van der Waals surface area (Å²) in [6.07, 6.45) is 0.897. The van der Waals surface area contributed by atoms with Gasteiger partial charge in [-0.05, 0) is 43.7 Å². The van der Waals surface area contributed by atoms with Crippen LogP contribution >= 0.6 is 0 Å². The van der Waals surface area contributed by atoms with E-state index in [-0.39, 0.29) is 12.4 Å². The lowest BCUT2D eigenvalue weighted by Crippen LogP contribution is -3.00. The van der Waals surface area contributed by atoms with Crippen molar-refractivity contribution < 1.29 is 31.4 Å². The fourth-order valence-corrected chi connectivity index (χ4v) is 2.66. The highest BCUT2D eigenvalue weighted by atomic mass is 35.5. The molecule has 144 valence electrons. The fraction of sp³-hybridized carbons (Fsp3) is 0.400. The van der Waals surface area contributed by atoms with E-state index in [0.29, 0.717) is 6.61 Å². The Balaban J connectivity index is 0.00000338. The number of halogens is 1. The van der Waals surface area contributed by atoms with Crippen molar-refractivity contribution in [3.05, 3.63) is 47.5 Å². The maximum atomic E-state index is 5.73. The number of benzene rings is 2. The smallest absolute Gasteiger partial charge is 0.165 e. The van der Waals surface area contributed by atoms with E-state index in [2.05, 4.69) is 17.4 Å². The van der Waals surface area contributed by atoms with Gasteiger partial charge in [-0.15, -0.1) is 0 Å². The first-order valence-corrected chi connectivity index (χ1v) is 8.43. The Morgan fingerprint density at radius 2 is 1.62 bits per heavy atom. The zero-order valence-electron chi connectivity index (χ0n) is 15.8. The zero-order valence-corrected chi connectivity index (χ0v) is 16.6. The van der Waals surface area contributed by atoms with Crippen LogP contribution in [0.1, 0.15) is 18.1 Å². The SMILES string of the molecule is CCOc1c(CNCCc2ccc(OC)c(OC)c2)cccc1OC.[Cl-]. The monoisotopic (exact) mass is 380 g/mol. The second-order valence-electron chi connectivity index (χ2n) is 5.50. The number of hydrogen-bond acceptors (Lipinski definition) is 5. The van der Waals surface area contributed by atoms with Crippen molar-refractivity contribution in [2.45, 2.75) is 19.9 Å². The maximum Gasteiger partial charge on any atom is 0.165 e. The second-order valence-corrected chi connectivity index (χ2v) is 5.50. The van der Waals surface area contributed by atoms with Gasteiger partial charge in [0.05, 0.1) is 27.9 Å². The van der Waals surface area contributed by atoms with Crippen LogP contribution in [0.15, 0.2) is 36.4 Å². The van der Waals surface area contributed by atoms with Crippen molar-refractivity contribution in [3.63, 3.8) is 0 Å². The van der Waals surface area contributed by atoms with E-state index in [1.807, 2.05) is 31.2 Å². The molecular formula is C20H27ClNO4-. The normalized spacial score (nSPS) is 10.0. The number of hydrogen-bond donors (Lipinski definition) is 1. The fourth-order valence-electron chi connectivity index (χ4n) is 2.66. The van der Waals surface area contributed by atoms with E-state index >= 15 is 0 Å². The summed E-state index contributed by atoms with van der Waals surface area (Å²) < 4.78 is 21.7. The van der Waals surface area contributed by atoms with Crippen LogP contribution in [0.3, 0.4) is 0 Å². The Morgan fingerprint density at radius 3 is 2.27 bits per heavy atom. The Bertz CT molecular complexity index is 679. The van der Waals surface area contributed by atoms with Gasteiger partial charge in [0.1, 0.15) is 0 Å². The van der Waals surface area contributed by atoms with E-state index < -0.39 is 0 Å². The van der Waals surface area contributed by atoms with E-state index in [1.54, 1.807) is 21.3 Å². The Kier molecular flexibility index (Phi) is 9.70.